The summed E-state index contributed by atoms with van der Waals surface area (Å²) in [6.07, 6.45) is 13.8. The van der Waals surface area contributed by atoms with E-state index in [-0.39, 0.29) is 6.42 Å². The Morgan fingerprint density at radius 3 is 2.55 bits per heavy atom. The molecule has 0 heterocycles. The van der Waals surface area contributed by atoms with Crippen LogP contribution in [0.4, 0.5) is 0 Å². The van der Waals surface area contributed by atoms with E-state index in [1.165, 1.54) is 19.3 Å². The second-order valence-corrected chi connectivity index (χ2v) is 4.73. The Hall–Kier alpha value is -1.67. The Morgan fingerprint density at radius 1 is 1.00 bits per heavy atom. The fourth-order valence-corrected chi connectivity index (χ4v) is 1.64. The van der Waals surface area contributed by atoms with Crippen molar-refractivity contribution in [3.8, 4) is 23.7 Å². The lowest BCUT2D eigenvalue weighted by atomic mass is 10.1. The lowest BCUT2D eigenvalue weighted by Crippen LogP contribution is -1.93. The monoisotopic (exact) mass is 274 g/mol. The van der Waals surface area contributed by atoms with Crippen LogP contribution in [-0.2, 0) is 4.79 Å². The highest BCUT2D eigenvalue weighted by atomic mass is 16.4. The number of carboxylic acids is 1. The Kier molecular flexibility index (Phi) is 14.1. The van der Waals surface area contributed by atoms with E-state index in [4.69, 9.17) is 5.11 Å². The fraction of sp³-hybridized carbons (Fsp3) is 0.611. The van der Waals surface area contributed by atoms with Crippen molar-refractivity contribution in [3.63, 3.8) is 0 Å². The van der Waals surface area contributed by atoms with Crippen molar-refractivity contribution < 1.29 is 9.90 Å². The van der Waals surface area contributed by atoms with Crippen molar-refractivity contribution in [2.75, 3.05) is 0 Å². The minimum absolute atomic E-state index is 0.262. The van der Waals surface area contributed by atoms with Gasteiger partial charge in [-0.25, -0.2) is 0 Å². The molecule has 0 rings (SSSR count). The first-order valence-corrected chi connectivity index (χ1v) is 7.60. The van der Waals surface area contributed by atoms with Crippen LogP contribution < -0.4 is 0 Å². The summed E-state index contributed by atoms with van der Waals surface area (Å²) < 4.78 is 0. The molecule has 0 aliphatic rings. The molecule has 0 atom stereocenters. The molecule has 0 aromatic rings. The number of hydrogen-bond donors (Lipinski definition) is 1. The van der Waals surface area contributed by atoms with Crippen LogP contribution in [0, 0.1) is 23.7 Å². The number of hydrogen-bond acceptors (Lipinski definition) is 1. The Balaban J connectivity index is 3.43. The van der Waals surface area contributed by atoms with Gasteiger partial charge in [-0.15, -0.1) is 0 Å². The molecule has 2 nitrogen and oxygen atoms in total. The number of carboxylic acid groups (broad SMARTS) is 1. The first kappa shape index (κ1) is 18.3. The molecular weight excluding hydrogens is 248 g/mol. The average molecular weight is 274 g/mol. The van der Waals surface area contributed by atoms with Crippen molar-refractivity contribution in [2.45, 2.75) is 71.1 Å². The summed E-state index contributed by atoms with van der Waals surface area (Å²) in [5.74, 6) is 11.0. The molecule has 20 heavy (non-hydrogen) atoms. The van der Waals surface area contributed by atoms with E-state index in [2.05, 4.69) is 42.8 Å². The molecule has 0 aliphatic heterocycles. The molecule has 0 aromatic carbocycles. The van der Waals surface area contributed by atoms with Crippen LogP contribution in [0.2, 0.25) is 0 Å². The van der Waals surface area contributed by atoms with Gasteiger partial charge in [0.25, 0.3) is 0 Å². The summed E-state index contributed by atoms with van der Waals surface area (Å²) in [7, 11) is 0. The predicted octanol–water partition coefficient (Wildman–Crippen LogP) is 4.55. The van der Waals surface area contributed by atoms with Crippen LogP contribution in [0.25, 0.3) is 0 Å². The normalized spacial score (nSPS) is 9.65. The van der Waals surface area contributed by atoms with E-state index in [9.17, 15) is 4.79 Å². The minimum Gasteiger partial charge on any atom is -0.481 e. The topological polar surface area (TPSA) is 37.3 Å². The number of aliphatic carboxylic acids is 1. The summed E-state index contributed by atoms with van der Waals surface area (Å²) in [5.41, 5.74) is 0. The van der Waals surface area contributed by atoms with E-state index in [0.29, 0.717) is 0 Å². The van der Waals surface area contributed by atoms with E-state index in [1.54, 1.807) is 0 Å². The molecular formula is C18H26O2. The van der Waals surface area contributed by atoms with Crippen LogP contribution in [0.1, 0.15) is 71.1 Å². The Morgan fingerprint density at radius 2 is 1.80 bits per heavy atom. The minimum atomic E-state index is -0.718. The highest BCUT2D eigenvalue weighted by Gasteiger charge is 1.94. The highest BCUT2D eigenvalue weighted by molar-refractivity contribution is 5.66. The molecule has 0 saturated carbocycles. The van der Waals surface area contributed by atoms with Crippen LogP contribution in [0.15, 0.2) is 12.2 Å². The maximum absolute atomic E-state index is 10.3. The summed E-state index contributed by atoms with van der Waals surface area (Å²) in [6.45, 7) is 2.21. The van der Waals surface area contributed by atoms with Gasteiger partial charge in [0, 0.05) is 19.3 Å². The van der Waals surface area contributed by atoms with Crippen molar-refractivity contribution >= 4 is 5.97 Å². The maximum atomic E-state index is 10.3. The molecule has 0 aromatic heterocycles. The molecule has 110 valence electrons. The zero-order chi connectivity index (χ0) is 14.9. The second-order valence-electron chi connectivity index (χ2n) is 4.73. The van der Waals surface area contributed by atoms with Gasteiger partial charge in [-0.05, 0) is 37.5 Å². The molecule has 2 heteroatoms. The first-order chi connectivity index (χ1) is 9.77. The van der Waals surface area contributed by atoms with Gasteiger partial charge in [-0.3, -0.25) is 4.79 Å². The molecule has 0 aliphatic carbocycles. The Bertz CT molecular complexity index is 385. The zero-order valence-electron chi connectivity index (χ0n) is 12.6. The van der Waals surface area contributed by atoms with Gasteiger partial charge < -0.3 is 5.11 Å². The molecule has 0 spiro atoms. The standard InChI is InChI=1S/C18H26O2/c1-2-3-4-5-6-7-8-9-10-11-12-13-14-15-16-17-18(19)20/h6-7H,2-5,8,13-17H2,1H3,(H,19,20)/b7-6-. The predicted molar refractivity (Wildman–Crippen MR) is 84.2 cm³/mol. The van der Waals surface area contributed by atoms with E-state index < -0.39 is 5.97 Å². The number of carbonyl (C=O) groups is 1. The van der Waals surface area contributed by atoms with Crippen LogP contribution in [0.3, 0.4) is 0 Å². The van der Waals surface area contributed by atoms with Gasteiger partial charge >= 0.3 is 5.97 Å². The molecule has 0 radical (unpaired) electrons. The summed E-state index contributed by atoms with van der Waals surface area (Å²) in [4.78, 5) is 10.3. The van der Waals surface area contributed by atoms with Crippen molar-refractivity contribution in [1.82, 2.24) is 0 Å². The molecule has 0 saturated heterocycles. The molecule has 1 N–H and O–H groups in total. The third kappa shape index (κ3) is 16.3. The number of rotatable bonds is 10. The smallest absolute Gasteiger partial charge is 0.303 e. The van der Waals surface area contributed by atoms with E-state index in [1.807, 2.05) is 0 Å². The second kappa shape index (κ2) is 15.4. The van der Waals surface area contributed by atoms with Gasteiger partial charge in [-0.2, -0.15) is 0 Å². The lowest BCUT2D eigenvalue weighted by Gasteiger charge is -1.92. The van der Waals surface area contributed by atoms with E-state index in [0.717, 1.165) is 38.5 Å². The zero-order valence-corrected chi connectivity index (χ0v) is 12.6. The summed E-state index contributed by atoms with van der Waals surface area (Å²) in [6, 6.07) is 0. The van der Waals surface area contributed by atoms with Gasteiger partial charge in [0.05, 0.1) is 0 Å². The average Bonchev–Trinajstić information content (AvgIpc) is 2.43. The van der Waals surface area contributed by atoms with Crippen LogP contribution in [0.5, 0.6) is 0 Å². The van der Waals surface area contributed by atoms with Gasteiger partial charge in [0.2, 0.25) is 0 Å². The quantitative estimate of drug-likeness (QED) is 0.360. The fourth-order valence-electron chi connectivity index (χ4n) is 1.64. The molecule has 0 fully saturated rings. The third-order valence-corrected chi connectivity index (χ3v) is 2.79. The third-order valence-electron chi connectivity index (χ3n) is 2.79. The molecule has 0 amide bonds. The maximum Gasteiger partial charge on any atom is 0.303 e. The largest absolute Gasteiger partial charge is 0.481 e. The first-order valence-electron chi connectivity index (χ1n) is 7.60. The van der Waals surface area contributed by atoms with Crippen molar-refractivity contribution in [2.24, 2.45) is 0 Å². The van der Waals surface area contributed by atoms with E-state index >= 15 is 0 Å². The molecule has 0 bridgehead atoms. The highest BCUT2D eigenvalue weighted by Crippen LogP contribution is 2.02. The lowest BCUT2D eigenvalue weighted by molar-refractivity contribution is -0.137. The number of allylic oxidation sites excluding steroid dienone is 2. The Labute approximate surface area is 123 Å². The van der Waals surface area contributed by atoms with Crippen molar-refractivity contribution in [3.05, 3.63) is 12.2 Å². The van der Waals surface area contributed by atoms with Gasteiger partial charge in [0.15, 0.2) is 0 Å². The van der Waals surface area contributed by atoms with Crippen LogP contribution >= 0.6 is 0 Å². The molecule has 0 unspecified atom stereocenters. The van der Waals surface area contributed by atoms with Gasteiger partial charge in [-0.1, -0.05) is 50.2 Å². The van der Waals surface area contributed by atoms with Gasteiger partial charge in [0.1, 0.15) is 0 Å². The van der Waals surface area contributed by atoms with Crippen molar-refractivity contribution in [1.29, 1.82) is 0 Å². The summed E-state index contributed by atoms with van der Waals surface area (Å²) in [5, 5.41) is 8.47. The number of unbranched alkanes of at least 4 members (excludes halogenated alkanes) is 6. The SMILES string of the molecule is CCCCC/C=C\CC#CC#CCCCCCC(=O)O. The van der Waals surface area contributed by atoms with Crippen LogP contribution in [-0.4, -0.2) is 11.1 Å². The summed E-state index contributed by atoms with van der Waals surface area (Å²) >= 11 is 0.